The van der Waals surface area contributed by atoms with Gasteiger partial charge in [-0.2, -0.15) is 0 Å². The van der Waals surface area contributed by atoms with E-state index in [9.17, 15) is 9.59 Å². The van der Waals surface area contributed by atoms with Crippen molar-refractivity contribution in [3.05, 3.63) is 11.4 Å². The molecule has 39 heavy (non-hydrogen) atoms. The Bertz CT molecular complexity index is 782. The van der Waals surface area contributed by atoms with E-state index in [-0.39, 0.29) is 11.8 Å². The van der Waals surface area contributed by atoms with E-state index in [0.29, 0.717) is 84.2 Å². The number of ether oxygens (including phenoxy) is 4. The molecule has 0 aromatic heterocycles. The number of hydrazine groups is 2. The largest absolute Gasteiger partial charge is 0.379 e. The summed E-state index contributed by atoms with van der Waals surface area (Å²) in [5.41, 5.74) is 9.59. The van der Waals surface area contributed by atoms with Gasteiger partial charge >= 0.3 is 0 Å². The Morgan fingerprint density at radius 1 is 0.897 bits per heavy atom. The normalized spacial score (nSPS) is 22.8. The van der Waals surface area contributed by atoms with Crippen LogP contribution < -0.4 is 21.6 Å². The van der Waals surface area contributed by atoms with Crippen molar-refractivity contribution in [3.63, 3.8) is 0 Å². The maximum atomic E-state index is 12.3. The van der Waals surface area contributed by atoms with Crippen LogP contribution >= 0.6 is 0 Å². The molecule has 2 amide bonds. The van der Waals surface area contributed by atoms with Crippen molar-refractivity contribution in [2.45, 2.75) is 71.3 Å². The molecule has 3 rings (SSSR count). The highest BCUT2D eigenvalue weighted by molar-refractivity contribution is 5.76. The summed E-state index contributed by atoms with van der Waals surface area (Å²) in [7, 11) is 1.61. The lowest BCUT2D eigenvalue weighted by Crippen LogP contribution is -2.43. The van der Waals surface area contributed by atoms with Crippen LogP contribution in [-0.4, -0.2) is 89.3 Å². The summed E-state index contributed by atoms with van der Waals surface area (Å²) in [6.07, 6.45) is 7.73. The number of fused-ring (bicyclic) bond motifs is 1. The number of hydrogen-bond donors (Lipinski definition) is 4. The number of carbonyl (C=O) groups excluding carboxylic acids is 2. The lowest BCUT2D eigenvalue weighted by atomic mass is 10.0. The fourth-order valence-corrected chi connectivity index (χ4v) is 5.57. The SMILES string of the molecule is CCC(C)N1NNC2=C1CC[C@H]1[C@@H](CCC(=O)NCCOCCOCCOCCOCCC(=O)NC)[C@H]1CC2. The molecule has 1 fully saturated rings. The van der Waals surface area contributed by atoms with E-state index in [1.165, 1.54) is 24.2 Å². The first-order valence-corrected chi connectivity index (χ1v) is 14.9. The molecule has 1 saturated carbocycles. The van der Waals surface area contributed by atoms with Crippen molar-refractivity contribution in [2.24, 2.45) is 17.8 Å². The molecule has 2 aliphatic carbocycles. The van der Waals surface area contributed by atoms with Gasteiger partial charge in [-0.3, -0.25) is 14.6 Å². The van der Waals surface area contributed by atoms with Gasteiger partial charge in [0.25, 0.3) is 0 Å². The smallest absolute Gasteiger partial charge is 0.222 e. The number of allylic oxidation sites excluding steroid dienone is 2. The molecule has 11 nitrogen and oxygen atoms in total. The van der Waals surface area contributed by atoms with Crippen molar-refractivity contribution >= 4 is 11.8 Å². The second-order valence-electron chi connectivity index (χ2n) is 10.6. The molecular formula is C28H51N5O6. The third-order valence-corrected chi connectivity index (χ3v) is 8.09. The molecule has 1 heterocycles. The predicted molar refractivity (Wildman–Crippen MR) is 148 cm³/mol. The van der Waals surface area contributed by atoms with Gasteiger partial charge in [-0.05, 0) is 63.2 Å². The highest BCUT2D eigenvalue weighted by atomic mass is 16.6. The average molecular weight is 554 g/mol. The van der Waals surface area contributed by atoms with Crippen LogP contribution in [-0.2, 0) is 28.5 Å². The molecule has 224 valence electrons. The minimum absolute atomic E-state index is 0.0313. The number of hydrogen-bond acceptors (Lipinski definition) is 9. The van der Waals surface area contributed by atoms with Crippen LogP contribution in [0.1, 0.15) is 65.2 Å². The maximum absolute atomic E-state index is 12.3. The third kappa shape index (κ3) is 10.9. The summed E-state index contributed by atoms with van der Waals surface area (Å²) in [6.45, 7) is 8.78. The lowest BCUT2D eigenvalue weighted by Gasteiger charge is -2.27. The van der Waals surface area contributed by atoms with E-state index in [2.05, 4.69) is 40.5 Å². The minimum Gasteiger partial charge on any atom is -0.379 e. The van der Waals surface area contributed by atoms with Crippen molar-refractivity contribution in [2.75, 3.05) is 66.4 Å². The fraction of sp³-hybridized carbons (Fsp3) is 0.857. The number of nitrogens with zero attached hydrogens (tertiary/aromatic N) is 1. The first-order chi connectivity index (χ1) is 19.0. The molecule has 11 heteroatoms. The van der Waals surface area contributed by atoms with E-state index in [4.69, 9.17) is 18.9 Å². The van der Waals surface area contributed by atoms with E-state index in [1.54, 1.807) is 7.05 Å². The summed E-state index contributed by atoms with van der Waals surface area (Å²) in [5.74, 6) is 2.33. The summed E-state index contributed by atoms with van der Waals surface area (Å²) >= 11 is 0. The zero-order chi connectivity index (χ0) is 27.9. The van der Waals surface area contributed by atoms with Gasteiger partial charge in [0.1, 0.15) is 0 Å². The Balaban J connectivity index is 1.11. The van der Waals surface area contributed by atoms with Crippen LogP contribution in [0, 0.1) is 17.8 Å². The molecular weight excluding hydrogens is 502 g/mol. The molecule has 4 atom stereocenters. The molecule has 0 saturated heterocycles. The molecule has 4 N–H and O–H groups in total. The van der Waals surface area contributed by atoms with Crippen molar-refractivity contribution in [1.29, 1.82) is 0 Å². The van der Waals surface area contributed by atoms with E-state index < -0.39 is 0 Å². The van der Waals surface area contributed by atoms with Gasteiger partial charge in [-0.1, -0.05) is 6.92 Å². The molecule has 0 bridgehead atoms. The van der Waals surface area contributed by atoms with Crippen LogP contribution in [0.4, 0.5) is 0 Å². The monoisotopic (exact) mass is 553 g/mol. The number of amides is 2. The fourth-order valence-electron chi connectivity index (χ4n) is 5.57. The van der Waals surface area contributed by atoms with Crippen LogP contribution in [0.25, 0.3) is 0 Å². The van der Waals surface area contributed by atoms with Gasteiger partial charge in [-0.25, -0.2) is 0 Å². The summed E-state index contributed by atoms with van der Waals surface area (Å²) in [5, 5.41) is 7.85. The predicted octanol–water partition coefficient (Wildman–Crippen LogP) is 1.86. The summed E-state index contributed by atoms with van der Waals surface area (Å²) < 4.78 is 21.7. The van der Waals surface area contributed by atoms with Crippen LogP contribution in [0.5, 0.6) is 0 Å². The number of nitrogens with one attached hydrogen (secondary N) is 4. The zero-order valence-corrected chi connectivity index (χ0v) is 24.2. The number of carbonyl (C=O) groups is 2. The first kappa shape index (κ1) is 31.6. The van der Waals surface area contributed by atoms with Gasteiger partial charge in [0.05, 0.1) is 58.6 Å². The Kier molecular flexibility index (Phi) is 14.3. The molecule has 0 aromatic carbocycles. The van der Waals surface area contributed by atoms with Gasteiger partial charge in [0.15, 0.2) is 0 Å². The van der Waals surface area contributed by atoms with Gasteiger partial charge < -0.3 is 35.0 Å². The molecule has 0 spiro atoms. The topological polar surface area (TPSA) is 122 Å². The van der Waals surface area contributed by atoms with E-state index in [0.717, 1.165) is 37.5 Å². The van der Waals surface area contributed by atoms with Crippen molar-refractivity contribution in [3.8, 4) is 0 Å². The van der Waals surface area contributed by atoms with Crippen LogP contribution in [0.3, 0.4) is 0 Å². The Morgan fingerprint density at radius 2 is 1.51 bits per heavy atom. The minimum atomic E-state index is -0.0313. The molecule has 0 radical (unpaired) electrons. The Morgan fingerprint density at radius 3 is 2.15 bits per heavy atom. The van der Waals surface area contributed by atoms with E-state index >= 15 is 0 Å². The Hall–Kier alpha value is -1.92. The van der Waals surface area contributed by atoms with Gasteiger partial charge in [0.2, 0.25) is 11.8 Å². The van der Waals surface area contributed by atoms with Crippen molar-refractivity contribution < 1.29 is 28.5 Å². The van der Waals surface area contributed by atoms with Gasteiger partial charge in [-0.15, -0.1) is 5.53 Å². The van der Waals surface area contributed by atoms with Gasteiger partial charge in [0, 0.05) is 38.2 Å². The quantitative estimate of drug-likeness (QED) is 0.167. The van der Waals surface area contributed by atoms with Crippen LogP contribution in [0.2, 0.25) is 0 Å². The Labute approximate surface area is 234 Å². The molecule has 0 aromatic rings. The average Bonchev–Trinajstić information content (AvgIpc) is 3.43. The highest BCUT2D eigenvalue weighted by Crippen LogP contribution is 2.56. The second-order valence-corrected chi connectivity index (χ2v) is 10.6. The highest BCUT2D eigenvalue weighted by Gasteiger charge is 2.49. The molecule has 1 unspecified atom stereocenters. The second kappa shape index (κ2) is 17.7. The van der Waals surface area contributed by atoms with Crippen LogP contribution in [0.15, 0.2) is 11.4 Å². The standard InChI is InChI=1S/C28H51N5O6/c1-4-21(2)33-26-9-6-23-22(5-8-25(26)31-32-33)24(23)7-10-28(35)30-12-14-37-16-18-39-20-19-38-17-15-36-13-11-27(34)29-3/h21-24,31-32H,4-20H2,1-3H3,(H,29,34)(H,30,35)/t21?,22-,23+,24-/m0/s1. The molecule has 1 aliphatic heterocycles. The van der Waals surface area contributed by atoms with E-state index in [1.807, 2.05) is 0 Å². The van der Waals surface area contributed by atoms with Crippen molar-refractivity contribution in [1.82, 2.24) is 26.6 Å². The number of rotatable bonds is 20. The summed E-state index contributed by atoms with van der Waals surface area (Å²) in [4.78, 5) is 23.4. The lowest BCUT2D eigenvalue weighted by molar-refractivity contribution is -0.122. The maximum Gasteiger partial charge on any atom is 0.222 e. The summed E-state index contributed by atoms with van der Waals surface area (Å²) in [6, 6.07) is 0.486. The first-order valence-electron chi connectivity index (χ1n) is 14.9. The third-order valence-electron chi connectivity index (χ3n) is 8.09. The zero-order valence-electron chi connectivity index (χ0n) is 24.2. The molecule has 3 aliphatic rings.